The minimum atomic E-state index is -0.445. The largest absolute Gasteiger partial charge is 0.460 e. The van der Waals surface area contributed by atoms with Crippen LogP contribution >= 0.6 is 0 Å². The lowest BCUT2D eigenvalue weighted by Crippen LogP contribution is -2.49. The molecule has 0 aliphatic carbocycles. The van der Waals surface area contributed by atoms with Gasteiger partial charge in [-0.3, -0.25) is 9.69 Å². The van der Waals surface area contributed by atoms with Gasteiger partial charge in [-0.1, -0.05) is 91.5 Å². The molecule has 4 aromatic rings. The Kier molecular flexibility index (Phi) is 8.69. The van der Waals surface area contributed by atoms with E-state index in [1.807, 2.05) is 109 Å². The topological polar surface area (TPSA) is 61.9 Å². The van der Waals surface area contributed by atoms with Gasteiger partial charge in [0.1, 0.15) is 12.6 Å². The van der Waals surface area contributed by atoms with Crippen LogP contribution in [0.15, 0.2) is 122 Å². The molecule has 6 heteroatoms. The number of rotatable bonds is 9. The monoisotopic (exact) mass is 531 g/mol. The Bertz CT molecular complexity index is 1430. The van der Waals surface area contributed by atoms with Gasteiger partial charge in [0.2, 0.25) is 0 Å². The van der Waals surface area contributed by atoms with Crippen LogP contribution in [0.1, 0.15) is 22.0 Å². The van der Waals surface area contributed by atoms with Crippen LogP contribution in [0.2, 0.25) is 0 Å². The van der Waals surface area contributed by atoms with E-state index in [0.29, 0.717) is 5.56 Å². The summed E-state index contributed by atoms with van der Waals surface area (Å²) in [6.45, 7) is 6.83. The van der Waals surface area contributed by atoms with Crippen LogP contribution in [0.25, 0.3) is 11.1 Å². The number of ether oxygens (including phenoxy) is 1. The first-order valence-corrected chi connectivity index (χ1v) is 13.5. The zero-order chi connectivity index (χ0) is 27.7. The highest BCUT2D eigenvalue weighted by Gasteiger charge is 2.31. The quantitative estimate of drug-likeness (QED) is 0.206. The lowest BCUT2D eigenvalue weighted by atomic mass is 9.99. The molecule has 0 radical (unpaired) electrons. The van der Waals surface area contributed by atoms with Crippen molar-refractivity contribution in [3.05, 3.63) is 133 Å². The van der Waals surface area contributed by atoms with Crippen LogP contribution in [0.5, 0.6) is 0 Å². The Balaban J connectivity index is 1.22. The molecule has 4 aromatic carbocycles. The van der Waals surface area contributed by atoms with Crippen molar-refractivity contribution in [2.75, 3.05) is 43.0 Å². The fraction of sp³-hybridized carbons (Fsp3) is 0.176. The summed E-state index contributed by atoms with van der Waals surface area (Å²) in [4.78, 5) is 30.6. The number of nitrogens with zero attached hydrogens (tertiary/aromatic N) is 2. The highest BCUT2D eigenvalue weighted by Crippen LogP contribution is 2.27. The Morgan fingerprint density at radius 2 is 1.43 bits per heavy atom. The first-order valence-electron chi connectivity index (χ1n) is 13.5. The zero-order valence-corrected chi connectivity index (χ0v) is 22.4. The Morgan fingerprint density at radius 1 is 0.800 bits per heavy atom. The van der Waals surface area contributed by atoms with Gasteiger partial charge >= 0.3 is 5.97 Å². The van der Waals surface area contributed by atoms with E-state index in [9.17, 15) is 9.59 Å². The molecule has 202 valence electrons. The summed E-state index contributed by atoms with van der Waals surface area (Å²) in [5, 5.41) is 3.04. The number of amides is 1. The summed E-state index contributed by atoms with van der Waals surface area (Å²) in [5.74, 6) is -0.399. The molecular formula is C34H33N3O3. The summed E-state index contributed by atoms with van der Waals surface area (Å²) in [6, 6.07) is 34.8. The number of nitrogens with one attached hydrogen (secondary N) is 1. The highest BCUT2D eigenvalue weighted by atomic mass is 16.5. The number of hydrogen-bond donors (Lipinski definition) is 1. The van der Waals surface area contributed by atoms with E-state index >= 15 is 0 Å². The Labute approximate surface area is 235 Å². The molecule has 1 saturated heterocycles. The molecule has 1 unspecified atom stereocenters. The maximum absolute atomic E-state index is 13.2. The highest BCUT2D eigenvalue weighted by molar-refractivity contribution is 6.08. The van der Waals surface area contributed by atoms with Gasteiger partial charge in [0, 0.05) is 43.1 Å². The lowest BCUT2D eigenvalue weighted by molar-refractivity contribution is -0.149. The molecule has 0 aromatic heterocycles. The summed E-state index contributed by atoms with van der Waals surface area (Å²) in [7, 11) is 0. The molecule has 1 amide bonds. The van der Waals surface area contributed by atoms with Crippen LogP contribution in [0.3, 0.4) is 0 Å². The second-order valence-corrected chi connectivity index (χ2v) is 9.67. The van der Waals surface area contributed by atoms with Crippen LogP contribution in [0, 0.1) is 0 Å². The van der Waals surface area contributed by atoms with Crippen LogP contribution in [-0.4, -0.2) is 49.6 Å². The van der Waals surface area contributed by atoms with Crippen molar-refractivity contribution in [3.63, 3.8) is 0 Å². The van der Waals surface area contributed by atoms with Gasteiger partial charge in [-0.25, -0.2) is 4.79 Å². The standard InChI is InChI=1S/C34H33N3O3/c1-2-25-40-34(39)32(27-13-7-4-8-14-27)37-23-21-36(22-24-37)29-19-17-28(18-20-29)35-33(38)31-16-10-9-15-30(31)26-11-5-3-6-12-26/h2-20,32H,1,21-25H2,(H,35,38). The van der Waals surface area contributed by atoms with Crippen molar-refractivity contribution in [2.24, 2.45) is 0 Å². The molecule has 40 heavy (non-hydrogen) atoms. The minimum Gasteiger partial charge on any atom is -0.460 e. The van der Waals surface area contributed by atoms with Gasteiger partial charge in [0.05, 0.1) is 0 Å². The van der Waals surface area contributed by atoms with E-state index in [1.54, 1.807) is 6.08 Å². The van der Waals surface area contributed by atoms with Crippen molar-refractivity contribution >= 4 is 23.3 Å². The molecule has 5 rings (SSSR count). The van der Waals surface area contributed by atoms with Crippen LogP contribution < -0.4 is 10.2 Å². The molecule has 1 N–H and O–H groups in total. The smallest absolute Gasteiger partial charge is 0.328 e. The molecule has 0 saturated carbocycles. The number of carbonyl (C=O) groups is 2. The number of piperazine rings is 1. The molecular weight excluding hydrogens is 498 g/mol. The predicted molar refractivity (Wildman–Crippen MR) is 160 cm³/mol. The second-order valence-electron chi connectivity index (χ2n) is 9.67. The van der Waals surface area contributed by atoms with E-state index < -0.39 is 6.04 Å². The van der Waals surface area contributed by atoms with Crippen molar-refractivity contribution in [1.29, 1.82) is 0 Å². The average molecular weight is 532 g/mol. The summed E-state index contributed by atoms with van der Waals surface area (Å²) < 4.78 is 5.43. The third-order valence-electron chi connectivity index (χ3n) is 7.11. The lowest BCUT2D eigenvalue weighted by Gasteiger charge is -2.39. The van der Waals surface area contributed by atoms with Gasteiger partial charge in [-0.05, 0) is 47.0 Å². The van der Waals surface area contributed by atoms with Gasteiger partial charge in [-0.15, -0.1) is 0 Å². The molecule has 1 atom stereocenters. The van der Waals surface area contributed by atoms with Crippen molar-refractivity contribution in [1.82, 2.24) is 4.90 Å². The molecule has 0 spiro atoms. The molecule has 1 aliphatic heterocycles. The average Bonchev–Trinajstić information content (AvgIpc) is 3.02. The summed E-state index contributed by atoms with van der Waals surface area (Å²) in [6.07, 6.45) is 1.59. The van der Waals surface area contributed by atoms with E-state index in [1.165, 1.54) is 0 Å². The fourth-order valence-corrected chi connectivity index (χ4v) is 5.09. The molecule has 1 fully saturated rings. The maximum Gasteiger partial charge on any atom is 0.328 e. The zero-order valence-electron chi connectivity index (χ0n) is 22.4. The Hall–Kier alpha value is -4.68. The summed E-state index contributed by atoms with van der Waals surface area (Å²) >= 11 is 0. The van der Waals surface area contributed by atoms with Crippen molar-refractivity contribution in [2.45, 2.75) is 6.04 Å². The van der Waals surface area contributed by atoms with Crippen LogP contribution in [0.4, 0.5) is 11.4 Å². The molecule has 0 bridgehead atoms. The van der Waals surface area contributed by atoms with Crippen LogP contribution in [-0.2, 0) is 9.53 Å². The molecule has 1 heterocycles. The number of hydrogen-bond acceptors (Lipinski definition) is 5. The Morgan fingerprint density at radius 3 is 2.10 bits per heavy atom. The number of esters is 1. The van der Waals surface area contributed by atoms with E-state index in [0.717, 1.165) is 54.2 Å². The van der Waals surface area contributed by atoms with Crippen molar-refractivity contribution in [3.8, 4) is 11.1 Å². The SMILES string of the molecule is C=CCOC(=O)C(c1ccccc1)N1CCN(c2ccc(NC(=O)c3ccccc3-c3ccccc3)cc2)CC1. The van der Waals surface area contributed by atoms with Gasteiger partial charge in [0.15, 0.2) is 0 Å². The van der Waals surface area contributed by atoms with Gasteiger partial charge < -0.3 is 15.0 Å². The van der Waals surface area contributed by atoms with E-state index in [2.05, 4.69) is 21.7 Å². The van der Waals surface area contributed by atoms with E-state index in [4.69, 9.17) is 4.74 Å². The number of anilines is 2. The van der Waals surface area contributed by atoms with Gasteiger partial charge in [0.25, 0.3) is 5.91 Å². The molecule has 6 nitrogen and oxygen atoms in total. The van der Waals surface area contributed by atoms with Crippen molar-refractivity contribution < 1.29 is 14.3 Å². The maximum atomic E-state index is 13.2. The third kappa shape index (κ3) is 6.30. The number of carbonyl (C=O) groups excluding carboxylic acids is 2. The first kappa shape index (κ1) is 26.9. The fourth-order valence-electron chi connectivity index (χ4n) is 5.09. The number of benzene rings is 4. The predicted octanol–water partition coefficient (Wildman–Crippen LogP) is 6.20. The third-order valence-corrected chi connectivity index (χ3v) is 7.11. The van der Waals surface area contributed by atoms with E-state index in [-0.39, 0.29) is 18.5 Å². The first-order chi connectivity index (χ1) is 19.6. The minimum absolute atomic E-state index is 0.142. The second kappa shape index (κ2) is 12.9. The molecule has 1 aliphatic rings. The normalized spacial score (nSPS) is 14.2. The van der Waals surface area contributed by atoms with Gasteiger partial charge in [-0.2, -0.15) is 0 Å². The summed E-state index contributed by atoms with van der Waals surface area (Å²) in [5.41, 5.74) is 5.29.